The van der Waals surface area contributed by atoms with Crippen LogP contribution in [0.1, 0.15) is 18.4 Å². The van der Waals surface area contributed by atoms with Crippen molar-refractivity contribution in [1.29, 1.82) is 0 Å². The zero-order chi connectivity index (χ0) is 13.8. The molecule has 0 atom stereocenters. The molecule has 1 aliphatic rings. The fourth-order valence-corrected chi connectivity index (χ4v) is 2.43. The van der Waals surface area contributed by atoms with Crippen LogP contribution in [-0.4, -0.2) is 43.1 Å². The number of nitrogens with zero attached hydrogens (tertiary/aromatic N) is 3. The van der Waals surface area contributed by atoms with E-state index in [1.807, 2.05) is 20.2 Å². The van der Waals surface area contributed by atoms with Crippen molar-refractivity contribution in [3.63, 3.8) is 0 Å². The van der Waals surface area contributed by atoms with Gasteiger partial charge in [0.15, 0.2) is 0 Å². The first kappa shape index (κ1) is 13.6. The number of aryl methyl sites for hydroxylation is 1. The molecule has 2 heterocycles. The van der Waals surface area contributed by atoms with Crippen LogP contribution in [0, 0.1) is 12.8 Å². The van der Waals surface area contributed by atoms with E-state index >= 15 is 0 Å². The second kappa shape index (κ2) is 5.86. The number of aromatic nitrogens is 2. The van der Waals surface area contributed by atoms with E-state index in [0.29, 0.717) is 5.95 Å². The van der Waals surface area contributed by atoms with Crippen molar-refractivity contribution in [2.24, 2.45) is 5.92 Å². The number of anilines is 2. The Labute approximate surface area is 113 Å². The normalized spacial score (nSPS) is 16.3. The molecule has 0 unspecified atom stereocenters. The van der Waals surface area contributed by atoms with Crippen LogP contribution >= 0.6 is 0 Å². The van der Waals surface area contributed by atoms with Crippen molar-refractivity contribution < 1.29 is 4.79 Å². The molecular formula is C13H21N5O. The summed E-state index contributed by atoms with van der Waals surface area (Å²) >= 11 is 0. The molecule has 1 aromatic heterocycles. The molecular weight excluding hydrogens is 242 g/mol. The van der Waals surface area contributed by atoms with Crippen molar-refractivity contribution in [2.45, 2.75) is 19.8 Å². The Morgan fingerprint density at radius 1 is 1.37 bits per heavy atom. The number of piperidine rings is 1. The molecule has 6 heteroatoms. The van der Waals surface area contributed by atoms with Crippen molar-refractivity contribution in [1.82, 2.24) is 15.3 Å². The molecule has 1 saturated heterocycles. The van der Waals surface area contributed by atoms with E-state index < -0.39 is 0 Å². The van der Waals surface area contributed by atoms with E-state index in [4.69, 9.17) is 0 Å². The first-order valence-electron chi connectivity index (χ1n) is 6.63. The van der Waals surface area contributed by atoms with Gasteiger partial charge in [-0.15, -0.1) is 0 Å². The number of carbonyl (C=O) groups is 1. The van der Waals surface area contributed by atoms with Crippen LogP contribution in [0.4, 0.5) is 11.8 Å². The summed E-state index contributed by atoms with van der Waals surface area (Å²) in [5, 5.41) is 5.68. The number of carbonyl (C=O) groups excluding carboxylic acids is 1. The van der Waals surface area contributed by atoms with E-state index in [0.717, 1.165) is 37.3 Å². The number of nitrogens with one attached hydrogen (secondary N) is 2. The zero-order valence-corrected chi connectivity index (χ0v) is 11.7. The predicted molar refractivity (Wildman–Crippen MR) is 75.3 cm³/mol. The molecule has 0 radical (unpaired) electrons. The van der Waals surface area contributed by atoms with E-state index in [1.165, 1.54) is 0 Å². The molecule has 6 nitrogen and oxygen atoms in total. The molecule has 2 N–H and O–H groups in total. The minimum absolute atomic E-state index is 0.132. The van der Waals surface area contributed by atoms with Gasteiger partial charge < -0.3 is 15.5 Å². The van der Waals surface area contributed by atoms with Gasteiger partial charge >= 0.3 is 0 Å². The van der Waals surface area contributed by atoms with Crippen LogP contribution in [0.15, 0.2) is 6.20 Å². The van der Waals surface area contributed by atoms with Gasteiger partial charge in [-0.2, -0.15) is 4.98 Å². The lowest BCUT2D eigenvalue weighted by atomic mass is 9.96. The topological polar surface area (TPSA) is 70.2 Å². The molecule has 0 aromatic carbocycles. The van der Waals surface area contributed by atoms with Gasteiger partial charge in [0.1, 0.15) is 5.82 Å². The van der Waals surface area contributed by atoms with Crippen molar-refractivity contribution in [2.75, 3.05) is 37.4 Å². The van der Waals surface area contributed by atoms with Crippen LogP contribution in [0.2, 0.25) is 0 Å². The van der Waals surface area contributed by atoms with Crippen LogP contribution in [0.3, 0.4) is 0 Å². The van der Waals surface area contributed by atoms with Gasteiger partial charge in [0, 0.05) is 44.9 Å². The maximum atomic E-state index is 11.6. The van der Waals surface area contributed by atoms with Crippen molar-refractivity contribution >= 4 is 17.7 Å². The Morgan fingerprint density at radius 2 is 2.05 bits per heavy atom. The average Bonchev–Trinajstić information content (AvgIpc) is 2.47. The van der Waals surface area contributed by atoms with Gasteiger partial charge in [-0.05, 0) is 19.8 Å². The third-order valence-electron chi connectivity index (χ3n) is 3.58. The molecule has 0 bridgehead atoms. The molecule has 1 aromatic rings. The van der Waals surface area contributed by atoms with E-state index in [9.17, 15) is 4.79 Å². The van der Waals surface area contributed by atoms with Crippen LogP contribution in [0.5, 0.6) is 0 Å². The summed E-state index contributed by atoms with van der Waals surface area (Å²) < 4.78 is 0. The summed E-state index contributed by atoms with van der Waals surface area (Å²) in [6.07, 6.45) is 3.58. The smallest absolute Gasteiger partial charge is 0.224 e. The van der Waals surface area contributed by atoms with Crippen LogP contribution in [0.25, 0.3) is 0 Å². The summed E-state index contributed by atoms with van der Waals surface area (Å²) in [7, 11) is 3.51. The lowest BCUT2D eigenvalue weighted by Crippen LogP contribution is -2.40. The molecule has 104 valence electrons. The summed E-state index contributed by atoms with van der Waals surface area (Å²) in [5.41, 5.74) is 1.07. The Bertz CT molecular complexity index is 454. The predicted octanol–water partition coefficient (Wildman–Crippen LogP) is 0.789. The highest BCUT2D eigenvalue weighted by Crippen LogP contribution is 2.24. The molecule has 1 amide bonds. The van der Waals surface area contributed by atoms with Crippen LogP contribution in [-0.2, 0) is 4.79 Å². The highest BCUT2D eigenvalue weighted by molar-refractivity contribution is 5.78. The average molecular weight is 263 g/mol. The first-order valence-corrected chi connectivity index (χ1v) is 6.63. The van der Waals surface area contributed by atoms with E-state index in [1.54, 1.807) is 7.05 Å². The molecule has 2 rings (SSSR count). The van der Waals surface area contributed by atoms with Gasteiger partial charge in [0.25, 0.3) is 0 Å². The number of hydrogen-bond donors (Lipinski definition) is 2. The lowest BCUT2D eigenvalue weighted by Gasteiger charge is -2.32. The zero-order valence-electron chi connectivity index (χ0n) is 11.7. The van der Waals surface area contributed by atoms with Gasteiger partial charge in [0.2, 0.25) is 11.9 Å². The third-order valence-corrected chi connectivity index (χ3v) is 3.58. The number of amides is 1. The largest absolute Gasteiger partial charge is 0.359 e. The molecule has 0 spiro atoms. The maximum absolute atomic E-state index is 11.6. The molecule has 0 saturated carbocycles. The number of rotatable bonds is 3. The van der Waals surface area contributed by atoms with Gasteiger partial charge in [0.05, 0.1) is 0 Å². The summed E-state index contributed by atoms with van der Waals surface area (Å²) in [6.45, 7) is 3.73. The summed E-state index contributed by atoms with van der Waals surface area (Å²) in [5.74, 6) is 1.88. The Morgan fingerprint density at radius 3 is 2.63 bits per heavy atom. The SMILES string of the molecule is CNC(=O)C1CCN(c2nc(NC)ncc2C)CC1. The number of hydrogen-bond acceptors (Lipinski definition) is 5. The highest BCUT2D eigenvalue weighted by atomic mass is 16.1. The van der Waals surface area contributed by atoms with E-state index in [2.05, 4.69) is 25.5 Å². The maximum Gasteiger partial charge on any atom is 0.224 e. The van der Waals surface area contributed by atoms with Gasteiger partial charge in [-0.1, -0.05) is 0 Å². The quantitative estimate of drug-likeness (QED) is 0.843. The molecule has 19 heavy (non-hydrogen) atoms. The molecule has 0 aliphatic carbocycles. The van der Waals surface area contributed by atoms with E-state index in [-0.39, 0.29) is 11.8 Å². The Hall–Kier alpha value is -1.85. The lowest BCUT2D eigenvalue weighted by molar-refractivity contribution is -0.125. The second-order valence-corrected chi connectivity index (χ2v) is 4.83. The minimum Gasteiger partial charge on any atom is -0.359 e. The minimum atomic E-state index is 0.132. The van der Waals surface area contributed by atoms with Gasteiger partial charge in [-0.25, -0.2) is 4.98 Å². The van der Waals surface area contributed by atoms with Crippen molar-refractivity contribution in [3.05, 3.63) is 11.8 Å². The van der Waals surface area contributed by atoms with Crippen LogP contribution < -0.4 is 15.5 Å². The summed E-state index contributed by atoms with van der Waals surface area (Å²) in [4.78, 5) is 22.5. The summed E-state index contributed by atoms with van der Waals surface area (Å²) in [6, 6.07) is 0. The fraction of sp³-hybridized carbons (Fsp3) is 0.615. The second-order valence-electron chi connectivity index (χ2n) is 4.83. The molecule has 1 aliphatic heterocycles. The fourth-order valence-electron chi connectivity index (χ4n) is 2.43. The third kappa shape index (κ3) is 2.94. The Kier molecular flexibility index (Phi) is 4.19. The Balaban J connectivity index is 2.07. The molecule has 1 fully saturated rings. The first-order chi connectivity index (χ1) is 9.15. The highest BCUT2D eigenvalue weighted by Gasteiger charge is 2.25. The monoisotopic (exact) mass is 263 g/mol. The standard InChI is InChI=1S/C13H21N5O/c1-9-8-16-13(15-3)17-11(9)18-6-4-10(5-7-18)12(19)14-2/h8,10H,4-7H2,1-3H3,(H,14,19)(H,15,16,17). The van der Waals surface area contributed by atoms with Gasteiger partial charge in [-0.3, -0.25) is 4.79 Å². The van der Waals surface area contributed by atoms with Crippen molar-refractivity contribution in [3.8, 4) is 0 Å².